The van der Waals surface area contributed by atoms with E-state index in [1.54, 1.807) is 0 Å². The van der Waals surface area contributed by atoms with Crippen molar-refractivity contribution < 1.29 is 9.84 Å². The van der Waals surface area contributed by atoms with Crippen LogP contribution in [0.1, 0.15) is 24.8 Å². The number of likely N-dealkylation sites (tertiary alicyclic amines) is 1. The minimum atomic E-state index is 0.284. The summed E-state index contributed by atoms with van der Waals surface area (Å²) < 4.78 is 7.17. The van der Waals surface area contributed by atoms with Crippen LogP contribution >= 0.6 is 15.9 Å². The minimum Gasteiger partial charge on any atom is -0.488 e. The van der Waals surface area contributed by atoms with Gasteiger partial charge in [0.2, 0.25) is 0 Å². The Kier molecular flexibility index (Phi) is 4.64. The number of hydrogen-bond donors (Lipinski definition) is 1. The van der Waals surface area contributed by atoms with Gasteiger partial charge in [-0.25, -0.2) is 0 Å². The van der Waals surface area contributed by atoms with Crippen LogP contribution in [-0.2, 0) is 6.42 Å². The second kappa shape index (κ2) is 6.46. The van der Waals surface area contributed by atoms with E-state index in [0.29, 0.717) is 12.5 Å². The Morgan fingerprint density at radius 3 is 3.15 bits per heavy atom. The van der Waals surface area contributed by atoms with Crippen molar-refractivity contribution in [1.29, 1.82) is 0 Å². The van der Waals surface area contributed by atoms with Gasteiger partial charge < -0.3 is 9.84 Å². The number of halogens is 1. The standard InChI is InChI=1S/C16H22BrNO2/c17-14-3-4-16-13(8-14)9-15(20-16)11-18-6-1-2-12(10-18)5-7-19/h3-4,8,12,15,19H,1-2,5-7,9-11H2. The number of benzene rings is 1. The zero-order chi connectivity index (χ0) is 13.9. The van der Waals surface area contributed by atoms with Gasteiger partial charge in [0.25, 0.3) is 0 Å². The molecule has 0 amide bonds. The highest BCUT2D eigenvalue weighted by Gasteiger charge is 2.27. The summed E-state index contributed by atoms with van der Waals surface area (Å²) in [5, 5.41) is 9.09. The first kappa shape index (κ1) is 14.4. The highest BCUT2D eigenvalue weighted by atomic mass is 79.9. The average molecular weight is 340 g/mol. The molecule has 0 bridgehead atoms. The molecule has 2 atom stereocenters. The third kappa shape index (κ3) is 3.35. The zero-order valence-corrected chi connectivity index (χ0v) is 13.3. The van der Waals surface area contributed by atoms with Gasteiger partial charge in [0.1, 0.15) is 11.9 Å². The third-order valence-electron chi connectivity index (χ3n) is 4.37. The van der Waals surface area contributed by atoms with E-state index in [9.17, 15) is 0 Å². The molecule has 0 radical (unpaired) electrons. The molecule has 1 saturated heterocycles. The van der Waals surface area contributed by atoms with Gasteiger partial charge in [0.15, 0.2) is 0 Å². The van der Waals surface area contributed by atoms with Crippen LogP contribution in [0.3, 0.4) is 0 Å². The molecule has 2 aliphatic rings. The van der Waals surface area contributed by atoms with E-state index in [2.05, 4.69) is 33.0 Å². The molecular formula is C16H22BrNO2. The lowest BCUT2D eigenvalue weighted by atomic mass is 9.95. The topological polar surface area (TPSA) is 32.7 Å². The number of fused-ring (bicyclic) bond motifs is 1. The second-order valence-corrected chi connectivity index (χ2v) is 6.89. The van der Waals surface area contributed by atoms with E-state index in [-0.39, 0.29) is 6.10 Å². The fourth-order valence-electron chi connectivity index (χ4n) is 3.41. The highest BCUT2D eigenvalue weighted by Crippen LogP contribution is 2.32. The molecule has 3 nitrogen and oxygen atoms in total. The lowest BCUT2D eigenvalue weighted by molar-refractivity contribution is 0.101. The molecule has 0 aromatic heterocycles. The van der Waals surface area contributed by atoms with Gasteiger partial charge >= 0.3 is 0 Å². The lowest BCUT2D eigenvalue weighted by Crippen LogP contribution is -2.41. The molecule has 1 N–H and O–H groups in total. The van der Waals surface area contributed by atoms with Crippen LogP contribution < -0.4 is 4.74 Å². The summed E-state index contributed by atoms with van der Waals surface area (Å²) in [6, 6.07) is 6.27. The molecular weight excluding hydrogens is 318 g/mol. The van der Waals surface area contributed by atoms with Gasteiger partial charge in [-0.15, -0.1) is 0 Å². The molecule has 2 aliphatic heterocycles. The fraction of sp³-hybridized carbons (Fsp3) is 0.625. The number of ether oxygens (including phenoxy) is 1. The van der Waals surface area contributed by atoms with Gasteiger partial charge in [-0.05, 0) is 55.5 Å². The van der Waals surface area contributed by atoms with Crippen molar-refractivity contribution in [3.05, 3.63) is 28.2 Å². The smallest absolute Gasteiger partial charge is 0.123 e. The van der Waals surface area contributed by atoms with Crippen molar-refractivity contribution in [3.8, 4) is 5.75 Å². The Labute approximate surface area is 129 Å². The van der Waals surface area contributed by atoms with E-state index in [4.69, 9.17) is 9.84 Å². The monoisotopic (exact) mass is 339 g/mol. The van der Waals surface area contributed by atoms with Crippen molar-refractivity contribution >= 4 is 15.9 Å². The number of piperidine rings is 1. The molecule has 0 aliphatic carbocycles. The van der Waals surface area contributed by atoms with Gasteiger partial charge in [-0.1, -0.05) is 15.9 Å². The average Bonchev–Trinajstić information content (AvgIpc) is 2.81. The zero-order valence-electron chi connectivity index (χ0n) is 11.7. The van der Waals surface area contributed by atoms with Crippen LogP contribution in [-0.4, -0.2) is 42.4 Å². The van der Waals surface area contributed by atoms with Crippen LogP contribution in [0.5, 0.6) is 5.75 Å². The maximum atomic E-state index is 9.09. The van der Waals surface area contributed by atoms with Crippen LogP contribution in [0.4, 0.5) is 0 Å². The first-order valence-corrected chi connectivity index (χ1v) is 8.32. The van der Waals surface area contributed by atoms with Crippen LogP contribution in [0, 0.1) is 5.92 Å². The van der Waals surface area contributed by atoms with E-state index >= 15 is 0 Å². The normalized spacial score (nSPS) is 26.3. The highest BCUT2D eigenvalue weighted by molar-refractivity contribution is 9.10. The summed E-state index contributed by atoms with van der Waals surface area (Å²) >= 11 is 3.52. The first-order chi connectivity index (χ1) is 9.74. The lowest BCUT2D eigenvalue weighted by Gasteiger charge is -2.33. The van der Waals surface area contributed by atoms with Gasteiger partial charge in [0.05, 0.1) is 0 Å². The Bertz CT molecular complexity index is 464. The minimum absolute atomic E-state index is 0.284. The predicted octanol–water partition coefficient (Wildman–Crippen LogP) is 2.85. The van der Waals surface area contributed by atoms with Crippen molar-refractivity contribution in [2.75, 3.05) is 26.2 Å². The van der Waals surface area contributed by atoms with Crippen molar-refractivity contribution in [1.82, 2.24) is 4.90 Å². The molecule has 1 aromatic rings. The van der Waals surface area contributed by atoms with E-state index in [1.165, 1.54) is 24.9 Å². The maximum Gasteiger partial charge on any atom is 0.123 e. The number of nitrogens with zero attached hydrogens (tertiary/aromatic N) is 1. The first-order valence-electron chi connectivity index (χ1n) is 7.53. The fourth-order valence-corrected chi connectivity index (χ4v) is 3.82. The predicted molar refractivity (Wildman–Crippen MR) is 83.1 cm³/mol. The number of hydrogen-bond acceptors (Lipinski definition) is 3. The number of aliphatic hydroxyl groups is 1. The summed E-state index contributed by atoms with van der Waals surface area (Å²) in [5.74, 6) is 1.70. The Hall–Kier alpha value is -0.580. The van der Waals surface area contributed by atoms with Crippen molar-refractivity contribution in [3.63, 3.8) is 0 Å². The number of rotatable bonds is 4. The molecule has 2 heterocycles. The van der Waals surface area contributed by atoms with Crippen LogP contribution in [0.15, 0.2) is 22.7 Å². The second-order valence-electron chi connectivity index (χ2n) is 5.98. The van der Waals surface area contributed by atoms with Crippen molar-refractivity contribution in [2.24, 2.45) is 5.92 Å². The molecule has 0 spiro atoms. The van der Waals surface area contributed by atoms with Crippen LogP contribution in [0.25, 0.3) is 0 Å². The van der Waals surface area contributed by atoms with E-state index in [0.717, 1.165) is 36.2 Å². The summed E-state index contributed by atoms with van der Waals surface area (Å²) in [7, 11) is 0. The summed E-state index contributed by atoms with van der Waals surface area (Å²) in [6.45, 7) is 3.61. The summed E-state index contributed by atoms with van der Waals surface area (Å²) in [4.78, 5) is 2.51. The number of aliphatic hydroxyl groups excluding tert-OH is 1. The molecule has 4 heteroatoms. The maximum absolute atomic E-state index is 9.09. The third-order valence-corrected chi connectivity index (χ3v) is 4.86. The molecule has 1 aromatic carbocycles. The van der Waals surface area contributed by atoms with Crippen LogP contribution in [0.2, 0.25) is 0 Å². The van der Waals surface area contributed by atoms with Gasteiger partial charge in [0, 0.05) is 30.6 Å². The summed E-state index contributed by atoms with van der Waals surface area (Å²) in [6.07, 6.45) is 4.74. The van der Waals surface area contributed by atoms with Gasteiger partial charge in [-0.3, -0.25) is 4.90 Å². The SMILES string of the molecule is OCCC1CCCN(CC2Cc3cc(Br)ccc3O2)C1. The van der Waals surface area contributed by atoms with Crippen molar-refractivity contribution in [2.45, 2.75) is 31.8 Å². The Balaban J connectivity index is 1.55. The molecule has 20 heavy (non-hydrogen) atoms. The summed E-state index contributed by atoms with van der Waals surface area (Å²) in [5.41, 5.74) is 1.31. The quantitative estimate of drug-likeness (QED) is 0.915. The van der Waals surface area contributed by atoms with Gasteiger partial charge in [-0.2, -0.15) is 0 Å². The van der Waals surface area contributed by atoms with E-state index in [1.807, 2.05) is 6.07 Å². The van der Waals surface area contributed by atoms with E-state index < -0.39 is 0 Å². The molecule has 1 fully saturated rings. The molecule has 110 valence electrons. The molecule has 2 unspecified atom stereocenters. The largest absolute Gasteiger partial charge is 0.488 e. The molecule has 0 saturated carbocycles. The molecule has 3 rings (SSSR count). The Morgan fingerprint density at radius 2 is 2.30 bits per heavy atom. The Morgan fingerprint density at radius 1 is 1.40 bits per heavy atom.